The molecule has 0 amide bonds. The molecule has 3 aromatic heterocycles. The summed E-state index contributed by atoms with van der Waals surface area (Å²) in [6, 6.07) is 32.1. The summed E-state index contributed by atoms with van der Waals surface area (Å²) in [4.78, 5) is 46.8. The van der Waals surface area contributed by atoms with Crippen molar-refractivity contribution in [2.45, 2.75) is 69.7 Å². The average Bonchev–Trinajstić information content (AvgIpc) is 3.84. The lowest BCUT2D eigenvalue weighted by Crippen LogP contribution is -2.22. The van der Waals surface area contributed by atoms with Crippen LogP contribution in [0.4, 0.5) is 28.4 Å². The van der Waals surface area contributed by atoms with E-state index in [1.54, 1.807) is 54.1 Å². The van der Waals surface area contributed by atoms with Gasteiger partial charge in [-0.1, -0.05) is 68.1 Å². The molecule has 21 heteroatoms. The number of rotatable bonds is 5. The molecule has 9 rings (SSSR count). The number of aryl methyl sites for hydroxylation is 1. The fraction of sp³-hybridized carbons (Fsp3) is 0.224. The third kappa shape index (κ3) is 13.3. The third-order valence-electron chi connectivity index (χ3n) is 13.5. The van der Waals surface area contributed by atoms with E-state index in [0.29, 0.717) is 62.4 Å². The number of hydrogen-bond donors (Lipinski definition) is 8. The zero-order chi connectivity index (χ0) is 55.3. The molecule has 2 aliphatic rings. The minimum Gasteiger partial charge on any atom is -0.412 e. The first-order valence-corrected chi connectivity index (χ1v) is 24.0. The number of nitrogens with two attached hydrogens (primary N) is 5. The maximum absolute atomic E-state index is 12.9. The molecule has 0 atom stereocenters. The molecule has 0 fully saturated rings. The Morgan fingerprint density at radius 2 is 0.772 bits per heavy atom. The van der Waals surface area contributed by atoms with E-state index in [4.69, 9.17) is 39.5 Å². The number of benzene rings is 4. The van der Waals surface area contributed by atoms with E-state index in [-0.39, 0.29) is 48.1 Å². The van der Waals surface area contributed by atoms with Gasteiger partial charge in [-0.05, 0) is 150 Å². The third-order valence-corrected chi connectivity index (χ3v) is 13.5. The van der Waals surface area contributed by atoms with E-state index in [9.17, 15) is 14.4 Å². The number of halogens is 1. The quantitative estimate of drug-likeness (QED) is 0.0604. The highest BCUT2D eigenvalue weighted by Gasteiger charge is 2.23. The van der Waals surface area contributed by atoms with Crippen molar-refractivity contribution < 1.29 is 5.48 Å². The van der Waals surface area contributed by atoms with E-state index in [1.807, 2.05) is 173 Å². The molecule has 20 nitrogen and oxygen atoms in total. The number of para-hydroxylation sites is 3. The number of aliphatic imine (C=N–C) groups is 2. The largest absolute Gasteiger partial charge is 0.412 e. The molecular weight excluding hydrogens is 1020 g/mol. The van der Waals surface area contributed by atoms with Gasteiger partial charge in [0.05, 0.1) is 68.4 Å². The molecule has 2 aliphatic carbocycles. The van der Waals surface area contributed by atoms with Gasteiger partial charge in [-0.25, -0.2) is 24.0 Å². The predicted molar refractivity (Wildman–Crippen MR) is 330 cm³/mol. The number of nitrogens with one attached hydrogen (secondary N) is 2. The highest BCUT2D eigenvalue weighted by Crippen LogP contribution is 2.25. The van der Waals surface area contributed by atoms with Crippen LogP contribution < -0.4 is 51.5 Å². The maximum atomic E-state index is 12.9. The van der Waals surface area contributed by atoms with Crippen molar-refractivity contribution in [2.75, 3.05) is 17.2 Å². The van der Waals surface area contributed by atoms with Crippen molar-refractivity contribution >= 4 is 63.7 Å². The highest BCUT2D eigenvalue weighted by atomic mass is 35.5. The Hall–Kier alpha value is -9.24. The molecule has 4 aromatic carbocycles. The molecule has 0 aliphatic heterocycles. The Bertz CT molecular complexity index is 3570. The number of nitrogen functional groups attached to an aromatic ring is 3. The van der Waals surface area contributed by atoms with Gasteiger partial charge in [0.2, 0.25) is 0 Å². The summed E-state index contributed by atoms with van der Waals surface area (Å²) < 4.78 is 10.1. The van der Waals surface area contributed by atoms with Crippen LogP contribution in [0.1, 0.15) is 63.3 Å². The first-order chi connectivity index (χ1) is 35.4. The molecule has 0 bridgehead atoms. The molecule has 0 unspecified atom stereocenters. The predicted octanol–water partition coefficient (Wildman–Crippen LogP) is 8.47. The second-order valence-corrected chi connectivity index (χ2v) is 18.3. The van der Waals surface area contributed by atoms with Crippen LogP contribution in [0.15, 0.2) is 173 Å². The molecular formula is C58H77ClN16O4. The van der Waals surface area contributed by atoms with E-state index in [2.05, 4.69) is 9.98 Å². The minimum absolute atomic E-state index is 0. The van der Waals surface area contributed by atoms with Gasteiger partial charge in [0.25, 0.3) is 16.7 Å². The van der Waals surface area contributed by atoms with Gasteiger partial charge in [0.1, 0.15) is 5.69 Å². The highest BCUT2D eigenvalue weighted by molar-refractivity contribution is 6.26. The standard InChI is InChI=1S/2C19H21N5O.C11H13N3O.C8H12N2.CH4.ClH.H3N.H2O/c2*1-11-10-15(17(21)12(2)16(11)20)22-18-13(3)23(4)24(19(18)25)14-8-6-5-7-9-14;1-8-10(12)11(15)14(13(8)2)9-6-4-3-5-7-9;1-5-3-4-7(9)6(2)8(5)10;;;;/h2*5-10,20H,21H2,1-4H3;3-7H,12H2,1-2H3;3-4H,9-10H2,1-2H3;1H4;1H;1H3;1H2. The fourth-order valence-corrected chi connectivity index (χ4v) is 8.22. The van der Waals surface area contributed by atoms with Gasteiger partial charge >= 0.3 is 0 Å². The summed E-state index contributed by atoms with van der Waals surface area (Å²) in [7, 11) is 5.48. The van der Waals surface area contributed by atoms with Crippen LogP contribution in [0.3, 0.4) is 0 Å². The lowest BCUT2D eigenvalue weighted by molar-refractivity contribution is 0.630. The van der Waals surface area contributed by atoms with Crippen LogP contribution in [-0.2, 0) is 21.1 Å². The lowest BCUT2D eigenvalue weighted by atomic mass is 9.94. The normalized spacial score (nSPS) is 13.7. The summed E-state index contributed by atoms with van der Waals surface area (Å²) in [5, 5.41) is 16.0. The van der Waals surface area contributed by atoms with Crippen molar-refractivity contribution in [1.29, 1.82) is 10.8 Å². The van der Waals surface area contributed by atoms with Crippen LogP contribution in [0.5, 0.6) is 0 Å². The average molecular weight is 1100 g/mol. The molecule has 3 heterocycles. The molecule has 420 valence electrons. The topological polar surface area (TPSA) is 350 Å². The zero-order valence-electron chi connectivity index (χ0n) is 46.3. The molecule has 7 aromatic rings. The van der Waals surface area contributed by atoms with Gasteiger partial charge in [-0.15, -0.1) is 12.4 Å². The van der Waals surface area contributed by atoms with Crippen LogP contribution in [0, 0.1) is 45.4 Å². The molecule has 79 heavy (non-hydrogen) atoms. The van der Waals surface area contributed by atoms with Crippen molar-refractivity contribution in [1.82, 2.24) is 34.2 Å². The van der Waals surface area contributed by atoms with Crippen LogP contribution >= 0.6 is 12.4 Å². The summed E-state index contributed by atoms with van der Waals surface area (Å²) >= 11 is 0. The van der Waals surface area contributed by atoms with Crippen molar-refractivity contribution in [3.05, 3.63) is 208 Å². The molecule has 0 saturated heterocycles. The number of aromatic nitrogens is 6. The van der Waals surface area contributed by atoms with E-state index in [0.717, 1.165) is 67.8 Å². The molecule has 0 saturated carbocycles. The van der Waals surface area contributed by atoms with E-state index < -0.39 is 0 Å². The number of nitrogens with zero attached hydrogens (tertiary/aromatic N) is 8. The van der Waals surface area contributed by atoms with Gasteiger partial charge < -0.3 is 51.1 Å². The van der Waals surface area contributed by atoms with E-state index in [1.165, 1.54) is 0 Å². The smallest absolute Gasteiger partial charge is 0.297 e. The molecule has 17 N–H and O–H groups in total. The Morgan fingerprint density at radius 3 is 1.08 bits per heavy atom. The summed E-state index contributed by atoms with van der Waals surface area (Å²) in [6.07, 6.45) is 3.51. The van der Waals surface area contributed by atoms with Gasteiger partial charge in [-0.3, -0.25) is 28.4 Å². The lowest BCUT2D eigenvalue weighted by Gasteiger charge is -2.16. The van der Waals surface area contributed by atoms with Crippen LogP contribution in [-0.4, -0.2) is 56.4 Å². The number of allylic oxidation sites excluding steroid dienone is 6. The van der Waals surface area contributed by atoms with Gasteiger partial charge in [-0.2, -0.15) is 0 Å². The second-order valence-electron chi connectivity index (χ2n) is 18.3. The van der Waals surface area contributed by atoms with Crippen molar-refractivity contribution in [3.8, 4) is 17.1 Å². The fourth-order valence-electron chi connectivity index (χ4n) is 8.22. The van der Waals surface area contributed by atoms with Crippen LogP contribution in [0.25, 0.3) is 17.1 Å². The Morgan fingerprint density at radius 1 is 0.456 bits per heavy atom. The van der Waals surface area contributed by atoms with Crippen molar-refractivity contribution in [3.63, 3.8) is 0 Å². The SMILES string of the molecule is C.CC1=CC(=Nc2c(C)n(C)n(-c3ccccc3)c2=O)C(N)=C(C)C1=N.CC1=CC(=Nc2c(C)n(C)n(-c3ccccc3)c2=O)C(N)=C(C)C1=N.Cc1c(N)c(=O)n(-c2ccccc2)n1C.Cc1ccc(N)c(C)c1N.Cl.N.O. The van der Waals surface area contributed by atoms with Crippen LogP contribution in [0.2, 0.25) is 0 Å². The minimum atomic E-state index is -0.198. The Labute approximate surface area is 467 Å². The second kappa shape index (κ2) is 27.2. The molecule has 0 spiro atoms. The van der Waals surface area contributed by atoms with Gasteiger partial charge in [0.15, 0.2) is 11.4 Å². The first kappa shape index (κ1) is 65.9. The number of hydrogen-bond acceptors (Lipinski definition) is 13. The summed E-state index contributed by atoms with van der Waals surface area (Å²) in [6.45, 7) is 16.7. The maximum Gasteiger partial charge on any atom is 0.297 e. The first-order valence-electron chi connectivity index (χ1n) is 24.0. The Kier molecular flexibility index (Phi) is 22.7. The summed E-state index contributed by atoms with van der Waals surface area (Å²) in [5.74, 6) is 0. The van der Waals surface area contributed by atoms with E-state index >= 15 is 0 Å². The van der Waals surface area contributed by atoms with Crippen molar-refractivity contribution in [2.24, 2.45) is 42.6 Å². The monoisotopic (exact) mass is 1100 g/mol. The molecule has 0 radical (unpaired) electrons. The summed E-state index contributed by atoms with van der Waals surface area (Å²) in [5.41, 5.74) is 43.7. The zero-order valence-corrected chi connectivity index (χ0v) is 47.1. The Balaban J connectivity index is 0.000000372. The van der Waals surface area contributed by atoms with Gasteiger partial charge in [0, 0.05) is 32.5 Å². The number of anilines is 3.